The van der Waals surface area contributed by atoms with Gasteiger partial charge in [-0.15, -0.1) is 6.58 Å². The molecule has 0 aromatic heterocycles. The Morgan fingerprint density at radius 2 is 0.976 bits per heavy atom. The van der Waals surface area contributed by atoms with E-state index in [4.69, 9.17) is 0 Å². The molecular formula is C41H61N. The minimum Gasteiger partial charge on any atom is -0.385 e. The largest absolute Gasteiger partial charge is 0.385 e. The van der Waals surface area contributed by atoms with Gasteiger partial charge in [0.15, 0.2) is 0 Å². The number of hydrogen-bond donors (Lipinski definition) is 1. The topological polar surface area (TPSA) is 12.0 Å². The van der Waals surface area contributed by atoms with Crippen LogP contribution in [0, 0.1) is 34.6 Å². The monoisotopic (exact) mass is 567 g/mol. The van der Waals surface area contributed by atoms with Crippen LogP contribution in [0.5, 0.6) is 0 Å². The van der Waals surface area contributed by atoms with Crippen molar-refractivity contribution in [2.75, 3.05) is 6.54 Å². The summed E-state index contributed by atoms with van der Waals surface area (Å²) in [5, 5.41) is 3.21. The average molecular weight is 568 g/mol. The zero-order valence-corrected chi connectivity index (χ0v) is 29.4. The van der Waals surface area contributed by atoms with Crippen molar-refractivity contribution in [2.24, 2.45) is 0 Å². The lowest BCUT2D eigenvalue weighted by molar-refractivity contribution is 0.942. The number of nitrogens with one attached hydrogen (secondary N) is 1. The molecule has 0 atom stereocenters. The van der Waals surface area contributed by atoms with Crippen molar-refractivity contribution in [3.05, 3.63) is 137 Å². The molecule has 42 heavy (non-hydrogen) atoms. The summed E-state index contributed by atoms with van der Waals surface area (Å²) in [5.74, 6) is 0. The van der Waals surface area contributed by atoms with Gasteiger partial charge in [-0.3, -0.25) is 0 Å². The molecule has 0 spiro atoms. The quantitative estimate of drug-likeness (QED) is 0.280. The molecule has 3 rings (SSSR count). The van der Waals surface area contributed by atoms with Gasteiger partial charge in [-0.25, -0.2) is 0 Å². The van der Waals surface area contributed by atoms with E-state index >= 15 is 0 Å². The molecule has 1 heteroatoms. The highest BCUT2D eigenvalue weighted by molar-refractivity contribution is 5.69. The fraction of sp³-hybridized carbons (Fsp3) is 0.366. The number of aryl methyl sites for hydroxylation is 5. The van der Waals surface area contributed by atoms with Crippen LogP contribution in [0.1, 0.15) is 105 Å². The number of rotatable bonds is 7. The molecule has 0 saturated carbocycles. The number of allylic oxidation sites excluding steroid dienone is 3. The Balaban J connectivity index is 0. The normalized spacial score (nSPS) is 9.17. The van der Waals surface area contributed by atoms with E-state index in [2.05, 4.69) is 128 Å². The zero-order chi connectivity index (χ0) is 33.0. The predicted molar refractivity (Wildman–Crippen MR) is 196 cm³/mol. The second-order valence-corrected chi connectivity index (χ2v) is 10.5. The van der Waals surface area contributed by atoms with Crippen molar-refractivity contribution in [2.45, 2.75) is 96.4 Å². The van der Waals surface area contributed by atoms with Crippen molar-refractivity contribution >= 4 is 16.8 Å². The van der Waals surface area contributed by atoms with Gasteiger partial charge < -0.3 is 5.32 Å². The predicted octanol–water partition coefficient (Wildman–Crippen LogP) is 12.4. The maximum atomic E-state index is 4.28. The van der Waals surface area contributed by atoms with Crippen LogP contribution in [0.3, 0.4) is 0 Å². The van der Waals surface area contributed by atoms with E-state index in [9.17, 15) is 0 Å². The van der Waals surface area contributed by atoms with Gasteiger partial charge in [0.05, 0.1) is 0 Å². The molecule has 0 unspecified atom stereocenters. The highest BCUT2D eigenvalue weighted by atomic mass is 14.9. The summed E-state index contributed by atoms with van der Waals surface area (Å²) in [7, 11) is 0. The third kappa shape index (κ3) is 15.4. The van der Waals surface area contributed by atoms with Gasteiger partial charge in [-0.1, -0.05) is 107 Å². The Morgan fingerprint density at radius 3 is 1.40 bits per heavy atom. The summed E-state index contributed by atoms with van der Waals surface area (Å²) < 4.78 is 0. The maximum absolute atomic E-state index is 4.28. The first-order chi connectivity index (χ1) is 19.8. The highest BCUT2D eigenvalue weighted by Gasteiger charge is 2.06. The summed E-state index contributed by atoms with van der Waals surface area (Å²) in [6.07, 6.45) is 0.884. The Hall–Kier alpha value is -3.58. The molecule has 230 valence electrons. The Kier molecular flexibility index (Phi) is 21.3. The SMILES string of the molecule is C=C(C)C.C=C(C)c1ccc(C)c(CC(=C)c2ccc(C)c(C)c2)c1.C=C(NCC)c1ccc(C)c(C)c1.CC.CC. The summed E-state index contributed by atoms with van der Waals surface area (Å²) in [5.41, 5.74) is 16.0. The molecule has 1 nitrogen and oxygen atoms in total. The van der Waals surface area contributed by atoms with Gasteiger partial charge in [-0.2, -0.15) is 0 Å². The second-order valence-electron chi connectivity index (χ2n) is 10.5. The molecule has 0 bridgehead atoms. The minimum atomic E-state index is 0.884. The molecule has 0 amide bonds. The number of benzene rings is 3. The van der Waals surface area contributed by atoms with Crippen LogP contribution in [0.15, 0.2) is 86.5 Å². The van der Waals surface area contributed by atoms with E-state index in [1.807, 2.05) is 48.5 Å². The van der Waals surface area contributed by atoms with Crippen LogP contribution >= 0.6 is 0 Å². The van der Waals surface area contributed by atoms with Crippen LogP contribution in [-0.2, 0) is 6.42 Å². The van der Waals surface area contributed by atoms with E-state index < -0.39 is 0 Å². The molecular weight excluding hydrogens is 506 g/mol. The first-order valence-electron chi connectivity index (χ1n) is 15.4. The lowest BCUT2D eigenvalue weighted by Gasteiger charge is -2.12. The molecule has 3 aromatic carbocycles. The summed E-state index contributed by atoms with van der Waals surface area (Å²) in [4.78, 5) is 0. The van der Waals surface area contributed by atoms with Gasteiger partial charge in [0.2, 0.25) is 0 Å². The van der Waals surface area contributed by atoms with E-state index in [-0.39, 0.29) is 0 Å². The molecule has 0 aliphatic rings. The highest BCUT2D eigenvalue weighted by Crippen LogP contribution is 2.24. The minimum absolute atomic E-state index is 0.884. The van der Waals surface area contributed by atoms with Crippen LogP contribution in [0.4, 0.5) is 0 Å². The molecule has 0 saturated heterocycles. The van der Waals surface area contributed by atoms with Gasteiger partial charge in [0.1, 0.15) is 0 Å². The van der Waals surface area contributed by atoms with E-state index in [1.165, 1.54) is 61.2 Å². The Morgan fingerprint density at radius 1 is 0.571 bits per heavy atom. The third-order valence-electron chi connectivity index (χ3n) is 6.41. The van der Waals surface area contributed by atoms with Crippen LogP contribution < -0.4 is 5.32 Å². The first-order valence-corrected chi connectivity index (χ1v) is 15.4. The molecule has 0 radical (unpaired) electrons. The molecule has 1 N–H and O–H groups in total. The van der Waals surface area contributed by atoms with Gasteiger partial charge in [0, 0.05) is 12.2 Å². The second kappa shape index (κ2) is 22.1. The maximum Gasteiger partial charge on any atom is 0.0340 e. The van der Waals surface area contributed by atoms with Gasteiger partial charge >= 0.3 is 0 Å². The van der Waals surface area contributed by atoms with Gasteiger partial charge in [-0.05, 0) is 130 Å². The number of hydrogen-bond acceptors (Lipinski definition) is 1. The Labute approximate surface area is 261 Å². The van der Waals surface area contributed by atoms with E-state index in [0.29, 0.717) is 0 Å². The van der Waals surface area contributed by atoms with Crippen LogP contribution in [-0.4, -0.2) is 6.54 Å². The summed E-state index contributed by atoms with van der Waals surface area (Å²) >= 11 is 0. The van der Waals surface area contributed by atoms with Crippen LogP contribution in [0.2, 0.25) is 0 Å². The summed E-state index contributed by atoms with van der Waals surface area (Å²) in [6.45, 7) is 43.5. The molecule has 0 aliphatic heterocycles. The fourth-order valence-corrected chi connectivity index (χ4v) is 3.67. The van der Waals surface area contributed by atoms with Crippen molar-refractivity contribution in [3.63, 3.8) is 0 Å². The standard InChI is InChI=1S/C21H24.C12H17N.C4H8.2C2H6/c1-14(2)19-9-8-16(4)21(13-19)12-18(6)20-10-7-15(3)17(5)11-20;1-5-13-11(4)12-7-6-9(2)10(3)8-12;1-4(2)3;2*1-2/h7-11,13H,1,6,12H2,2-5H3;6-8,13H,4-5H2,1-3H3;1H2,2-3H3;2*1-2H3. The van der Waals surface area contributed by atoms with Gasteiger partial charge in [0.25, 0.3) is 0 Å². The molecule has 0 aliphatic carbocycles. The van der Waals surface area contributed by atoms with E-state index in [1.54, 1.807) is 0 Å². The average Bonchev–Trinajstić information content (AvgIpc) is 2.95. The van der Waals surface area contributed by atoms with Crippen LogP contribution in [0.25, 0.3) is 16.8 Å². The lowest BCUT2D eigenvalue weighted by Crippen LogP contribution is -2.09. The van der Waals surface area contributed by atoms with Crippen molar-refractivity contribution in [1.82, 2.24) is 5.32 Å². The summed E-state index contributed by atoms with van der Waals surface area (Å²) in [6, 6.07) is 19.5. The Bertz CT molecular complexity index is 1280. The smallest absolute Gasteiger partial charge is 0.0340 e. The van der Waals surface area contributed by atoms with Crippen molar-refractivity contribution < 1.29 is 0 Å². The third-order valence-corrected chi connectivity index (χ3v) is 6.41. The molecule has 3 aromatic rings. The lowest BCUT2D eigenvalue weighted by atomic mass is 9.93. The fourth-order valence-electron chi connectivity index (χ4n) is 3.67. The molecule has 0 heterocycles. The van der Waals surface area contributed by atoms with E-state index in [0.717, 1.165) is 24.2 Å². The van der Waals surface area contributed by atoms with Crippen molar-refractivity contribution in [3.8, 4) is 0 Å². The molecule has 0 fully saturated rings. The van der Waals surface area contributed by atoms with Crippen molar-refractivity contribution in [1.29, 1.82) is 0 Å². The zero-order valence-electron chi connectivity index (χ0n) is 29.4. The first kappa shape index (κ1) is 40.6.